The van der Waals surface area contributed by atoms with Crippen LogP contribution in [-0.2, 0) is 6.42 Å². The van der Waals surface area contributed by atoms with Crippen molar-refractivity contribution in [1.29, 1.82) is 0 Å². The standard InChI is InChI=1S/C15H24N2S/c1-18-11-5-8-14(12-16)17-10-4-7-13-6-2-3-9-15(13)17/h2-3,6,9,14H,4-5,7-8,10-12,16H2,1H3. The van der Waals surface area contributed by atoms with Crippen molar-refractivity contribution in [2.75, 3.05) is 30.0 Å². The molecule has 100 valence electrons. The Balaban J connectivity index is 2.07. The van der Waals surface area contributed by atoms with Crippen LogP contribution in [0.1, 0.15) is 24.8 Å². The van der Waals surface area contributed by atoms with Gasteiger partial charge in [0.05, 0.1) is 0 Å². The second kappa shape index (κ2) is 7.05. The Labute approximate surface area is 115 Å². The molecule has 3 heteroatoms. The molecular formula is C15H24N2S. The SMILES string of the molecule is CSCCCC(CN)N1CCCc2ccccc21. The molecule has 1 unspecified atom stereocenters. The number of nitrogens with zero attached hydrogens (tertiary/aromatic N) is 1. The molecule has 2 rings (SSSR count). The van der Waals surface area contributed by atoms with Gasteiger partial charge < -0.3 is 10.6 Å². The van der Waals surface area contributed by atoms with E-state index in [1.807, 2.05) is 11.8 Å². The summed E-state index contributed by atoms with van der Waals surface area (Å²) in [5.41, 5.74) is 8.91. The molecule has 0 amide bonds. The molecule has 0 fully saturated rings. The van der Waals surface area contributed by atoms with Gasteiger partial charge in [0, 0.05) is 24.8 Å². The Hall–Kier alpha value is -0.670. The molecule has 0 saturated heterocycles. The summed E-state index contributed by atoms with van der Waals surface area (Å²) in [6.07, 6.45) is 7.13. The van der Waals surface area contributed by atoms with Crippen LogP contribution in [0.4, 0.5) is 5.69 Å². The minimum atomic E-state index is 0.513. The summed E-state index contributed by atoms with van der Waals surface area (Å²) in [4.78, 5) is 2.54. The van der Waals surface area contributed by atoms with E-state index in [0.717, 1.165) is 13.1 Å². The van der Waals surface area contributed by atoms with Gasteiger partial charge in [-0.1, -0.05) is 18.2 Å². The van der Waals surface area contributed by atoms with Crippen molar-refractivity contribution < 1.29 is 0 Å². The number of thioether (sulfide) groups is 1. The van der Waals surface area contributed by atoms with Gasteiger partial charge in [0.2, 0.25) is 0 Å². The van der Waals surface area contributed by atoms with Gasteiger partial charge in [-0.25, -0.2) is 0 Å². The van der Waals surface area contributed by atoms with Crippen LogP contribution < -0.4 is 10.6 Å². The first-order valence-corrected chi connectivity index (χ1v) is 8.29. The zero-order chi connectivity index (χ0) is 12.8. The highest BCUT2D eigenvalue weighted by Gasteiger charge is 2.22. The highest BCUT2D eigenvalue weighted by molar-refractivity contribution is 7.98. The fraction of sp³-hybridized carbons (Fsp3) is 0.600. The van der Waals surface area contributed by atoms with E-state index in [4.69, 9.17) is 5.73 Å². The fourth-order valence-electron chi connectivity index (χ4n) is 2.81. The second-order valence-corrected chi connectivity index (χ2v) is 5.94. The molecule has 0 aliphatic carbocycles. The summed E-state index contributed by atoms with van der Waals surface area (Å²) in [7, 11) is 0. The molecule has 1 atom stereocenters. The summed E-state index contributed by atoms with van der Waals surface area (Å²) in [5.74, 6) is 1.24. The molecule has 18 heavy (non-hydrogen) atoms. The smallest absolute Gasteiger partial charge is 0.0412 e. The van der Waals surface area contributed by atoms with Crippen molar-refractivity contribution >= 4 is 17.4 Å². The summed E-state index contributed by atoms with van der Waals surface area (Å²) < 4.78 is 0. The van der Waals surface area contributed by atoms with Gasteiger partial charge in [0.15, 0.2) is 0 Å². The maximum atomic E-state index is 5.99. The molecule has 1 aliphatic rings. The largest absolute Gasteiger partial charge is 0.367 e. The summed E-state index contributed by atoms with van der Waals surface area (Å²) in [5, 5.41) is 0. The van der Waals surface area contributed by atoms with Crippen LogP contribution in [-0.4, -0.2) is 31.1 Å². The van der Waals surface area contributed by atoms with E-state index in [1.54, 1.807) is 0 Å². The number of benzene rings is 1. The fourth-order valence-corrected chi connectivity index (χ4v) is 3.26. The minimum Gasteiger partial charge on any atom is -0.367 e. The molecule has 0 spiro atoms. The van der Waals surface area contributed by atoms with E-state index < -0.39 is 0 Å². The van der Waals surface area contributed by atoms with Crippen LogP contribution in [0, 0.1) is 0 Å². The van der Waals surface area contributed by atoms with Crippen molar-refractivity contribution in [3.63, 3.8) is 0 Å². The molecule has 1 aromatic carbocycles. The number of hydrogen-bond donors (Lipinski definition) is 1. The van der Waals surface area contributed by atoms with Crippen molar-refractivity contribution in [1.82, 2.24) is 0 Å². The molecular weight excluding hydrogens is 240 g/mol. The average molecular weight is 264 g/mol. The molecule has 1 aliphatic heterocycles. The molecule has 0 bridgehead atoms. The molecule has 0 aromatic heterocycles. The van der Waals surface area contributed by atoms with Crippen LogP contribution >= 0.6 is 11.8 Å². The quantitative estimate of drug-likeness (QED) is 0.801. The van der Waals surface area contributed by atoms with Crippen LogP contribution in [0.25, 0.3) is 0 Å². The van der Waals surface area contributed by atoms with E-state index >= 15 is 0 Å². The number of para-hydroxylation sites is 1. The third-order valence-electron chi connectivity index (χ3n) is 3.74. The van der Waals surface area contributed by atoms with Crippen molar-refractivity contribution in [3.8, 4) is 0 Å². The normalized spacial score (nSPS) is 16.4. The Morgan fingerprint density at radius 3 is 3.00 bits per heavy atom. The summed E-state index contributed by atoms with van der Waals surface area (Å²) in [6.45, 7) is 1.93. The molecule has 0 radical (unpaired) electrons. The number of hydrogen-bond acceptors (Lipinski definition) is 3. The Bertz CT molecular complexity index is 367. The van der Waals surface area contributed by atoms with Gasteiger partial charge in [-0.2, -0.15) is 11.8 Å². The lowest BCUT2D eigenvalue weighted by molar-refractivity contribution is 0.530. The lowest BCUT2D eigenvalue weighted by Crippen LogP contribution is -2.43. The lowest BCUT2D eigenvalue weighted by atomic mass is 9.98. The number of fused-ring (bicyclic) bond motifs is 1. The monoisotopic (exact) mass is 264 g/mol. The highest BCUT2D eigenvalue weighted by Crippen LogP contribution is 2.29. The van der Waals surface area contributed by atoms with E-state index in [0.29, 0.717) is 6.04 Å². The molecule has 1 heterocycles. The maximum absolute atomic E-state index is 5.99. The van der Waals surface area contributed by atoms with Gasteiger partial charge in [-0.05, 0) is 49.3 Å². The summed E-state index contributed by atoms with van der Waals surface area (Å²) in [6, 6.07) is 9.32. The zero-order valence-corrected chi connectivity index (χ0v) is 12.1. The van der Waals surface area contributed by atoms with Gasteiger partial charge in [0.1, 0.15) is 0 Å². The first-order chi connectivity index (χ1) is 8.86. The van der Waals surface area contributed by atoms with E-state index in [9.17, 15) is 0 Å². The van der Waals surface area contributed by atoms with Crippen molar-refractivity contribution in [2.45, 2.75) is 31.7 Å². The van der Waals surface area contributed by atoms with Gasteiger partial charge in [0.25, 0.3) is 0 Å². The first kappa shape index (κ1) is 13.8. The van der Waals surface area contributed by atoms with Crippen LogP contribution in [0.3, 0.4) is 0 Å². The molecule has 1 aromatic rings. The predicted octanol–water partition coefficient (Wildman–Crippen LogP) is 2.91. The number of aryl methyl sites for hydroxylation is 1. The Morgan fingerprint density at radius 1 is 1.39 bits per heavy atom. The topological polar surface area (TPSA) is 29.3 Å². The summed E-state index contributed by atoms with van der Waals surface area (Å²) >= 11 is 1.93. The lowest BCUT2D eigenvalue weighted by Gasteiger charge is -2.37. The predicted molar refractivity (Wildman–Crippen MR) is 82.6 cm³/mol. The van der Waals surface area contributed by atoms with E-state index in [2.05, 4.69) is 35.4 Å². The van der Waals surface area contributed by atoms with Crippen molar-refractivity contribution in [3.05, 3.63) is 29.8 Å². The van der Waals surface area contributed by atoms with E-state index in [1.165, 1.54) is 42.7 Å². The van der Waals surface area contributed by atoms with Gasteiger partial charge in [-0.3, -0.25) is 0 Å². The maximum Gasteiger partial charge on any atom is 0.0412 e. The Morgan fingerprint density at radius 2 is 2.22 bits per heavy atom. The number of rotatable bonds is 6. The van der Waals surface area contributed by atoms with Crippen LogP contribution in [0.5, 0.6) is 0 Å². The number of nitrogens with two attached hydrogens (primary N) is 1. The Kier molecular flexibility index (Phi) is 5.39. The third-order valence-corrected chi connectivity index (χ3v) is 4.44. The van der Waals surface area contributed by atoms with Crippen LogP contribution in [0.2, 0.25) is 0 Å². The van der Waals surface area contributed by atoms with Gasteiger partial charge in [-0.15, -0.1) is 0 Å². The molecule has 2 nitrogen and oxygen atoms in total. The second-order valence-electron chi connectivity index (χ2n) is 4.95. The van der Waals surface area contributed by atoms with Gasteiger partial charge >= 0.3 is 0 Å². The average Bonchev–Trinajstić information content (AvgIpc) is 2.43. The number of anilines is 1. The van der Waals surface area contributed by atoms with E-state index in [-0.39, 0.29) is 0 Å². The zero-order valence-electron chi connectivity index (χ0n) is 11.3. The minimum absolute atomic E-state index is 0.513. The van der Waals surface area contributed by atoms with Crippen LogP contribution in [0.15, 0.2) is 24.3 Å². The van der Waals surface area contributed by atoms with Crippen molar-refractivity contribution in [2.24, 2.45) is 5.73 Å². The third kappa shape index (κ3) is 3.21. The first-order valence-electron chi connectivity index (χ1n) is 6.90. The highest BCUT2D eigenvalue weighted by atomic mass is 32.2. The molecule has 2 N–H and O–H groups in total. The molecule has 0 saturated carbocycles.